The fraction of sp³-hybridized carbons (Fsp3) is 0.800. The third-order valence-corrected chi connectivity index (χ3v) is 4.37. The topological polar surface area (TPSA) is 186 Å². The molecule has 0 aliphatic carbocycles. The van der Waals surface area contributed by atoms with Crippen LogP contribution >= 0.6 is 0 Å². The largest absolute Gasteiger partial charge is 0.480 e. The Balaban J connectivity index is 0. The van der Waals surface area contributed by atoms with Crippen LogP contribution in [0.1, 0.15) is 46.5 Å². The van der Waals surface area contributed by atoms with E-state index in [4.69, 9.17) is 5.11 Å². The first kappa shape index (κ1) is 31.9. The van der Waals surface area contributed by atoms with E-state index in [1.165, 1.54) is 0 Å². The fourth-order valence-electron chi connectivity index (χ4n) is 2.65. The van der Waals surface area contributed by atoms with E-state index in [-0.39, 0.29) is 25.2 Å². The molecule has 2 unspecified atom stereocenters. The van der Waals surface area contributed by atoms with Crippen LogP contribution in [0.5, 0.6) is 0 Å². The number of aliphatic hydroxyl groups excluding tert-OH is 2. The van der Waals surface area contributed by atoms with Crippen LogP contribution in [0.25, 0.3) is 0 Å². The molecule has 0 rings (SSSR count). The molecular formula is C20H40N4O8. The number of carboxylic acids is 1. The van der Waals surface area contributed by atoms with Gasteiger partial charge in [0.1, 0.15) is 25.3 Å². The first-order valence-electron chi connectivity index (χ1n) is 10.7. The zero-order valence-electron chi connectivity index (χ0n) is 19.6. The maximum Gasteiger partial charge on any atom is 0.325 e. The molecule has 0 fully saturated rings. The number of nitrogens with one attached hydrogen (secondary N) is 4. The minimum atomic E-state index is -1.21. The number of carboxylic acid groups (broad SMARTS) is 1. The van der Waals surface area contributed by atoms with E-state index in [9.17, 15) is 29.4 Å². The van der Waals surface area contributed by atoms with Crippen molar-refractivity contribution in [1.82, 2.24) is 21.3 Å². The van der Waals surface area contributed by atoms with E-state index in [2.05, 4.69) is 26.0 Å². The fourth-order valence-corrected chi connectivity index (χ4v) is 2.65. The van der Waals surface area contributed by atoms with Gasteiger partial charge in [0.25, 0.3) is 11.8 Å². The van der Waals surface area contributed by atoms with Gasteiger partial charge in [-0.2, -0.15) is 0 Å². The molecule has 0 aliphatic heterocycles. The standard InChI is InChI=1S/C11H22N2O4.C9H18N2O4/c1-4-6-8(12-3)10(15)11(16)13-7-9(14)17-5-2;1-3-4-6(10-2)8(14)9(15)11-5-7(12)13/h8,10,12,15H,4-7H2,1-3H3,(H,13,16);6,8,10,14H,3-5H2,1-2H3,(H,11,15)(H,12,13)/t8-,10?;6-,8?/m00/s1. The van der Waals surface area contributed by atoms with Gasteiger partial charge in [0.05, 0.1) is 6.61 Å². The number of rotatable bonds is 15. The molecule has 7 N–H and O–H groups in total. The van der Waals surface area contributed by atoms with Gasteiger partial charge in [0.15, 0.2) is 0 Å². The summed E-state index contributed by atoms with van der Waals surface area (Å²) in [6.07, 6.45) is 0.647. The third kappa shape index (κ3) is 14.7. The number of amides is 2. The Morgan fingerprint density at radius 2 is 1.19 bits per heavy atom. The van der Waals surface area contributed by atoms with Gasteiger partial charge >= 0.3 is 11.9 Å². The summed E-state index contributed by atoms with van der Waals surface area (Å²) in [4.78, 5) is 44.0. The van der Waals surface area contributed by atoms with E-state index in [1.54, 1.807) is 21.0 Å². The molecule has 0 saturated carbocycles. The van der Waals surface area contributed by atoms with Gasteiger partial charge < -0.3 is 41.3 Å². The SMILES string of the molecule is CCC[C@H](NC)C(O)C(=O)NCC(=O)O.CCC[C@H](NC)C(O)C(=O)NCC(=O)OCC. The van der Waals surface area contributed by atoms with E-state index in [0.29, 0.717) is 12.8 Å². The van der Waals surface area contributed by atoms with Crippen molar-refractivity contribution in [2.24, 2.45) is 0 Å². The summed E-state index contributed by atoms with van der Waals surface area (Å²) < 4.78 is 4.66. The summed E-state index contributed by atoms with van der Waals surface area (Å²) in [6, 6.07) is -0.647. The molecule has 0 saturated heterocycles. The number of hydrogen-bond donors (Lipinski definition) is 7. The molecule has 0 aromatic rings. The predicted molar refractivity (Wildman–Crippen MR) is 118 cm³/mol. The first-order chi connectivity index (χ1) is 15.1. The number of carbonyl (C=O) groups excluding carboxylic acids is 3. The molecule has 0 aromatic carbocycles. The Morgan fingerprint density at radius 1 is 0.781 bits per heavy atom. The lowest BCUT2D eigenvalue weighted by Crippen LogP contribution is -2.48. The van der Waals surface area contributed by atoms with Crippen molar-refractivity contribution in [3.8, 4) is 0 Å². The van der Waals surface area contributed by atoms with Gasteiger partial charge in [-0.1, -0.05) is 26.7 Å². The molecule has 0 heterocycles. The minimum Gasteiger partial charge on any atom is -0.480 e. The number of carbonyl (C=O) groups is 4. The molecule has 0 bridgehead atoms. The number of aliphatic hydroxyl groups is 2. The highest BCUT2D eigenvalue weighted by Crippen LogP contribution is 2.03. The molecule has 0 spiro atoms. The lowest BCUT2D eigenvalue weighted by atomic mass is 10.1. The van der Waals surface area contributed by atoms with Crippen LogP contribution in [0, 0.1) is 0 Å². The normalized spacial score (nSPS) is 14.1. The molecule has 188 valence electrons. The summed E-state index contributed by atoms with van der Waals surface area (Å²) in [5, 5.41) is 37.8. The molecule has 0 aromatic heterocycles. The smallest absolute Gasteiger partial charge is 0.325 e. The van der Waals surface area contributed by atoms with Gasteiger partial charge in [-0.25, -0.2) is 0 Å². The van der Waals surface area contributed by atoms with Crippen LogP contribution in [0.3, 0.4) is 0 Å². The van der Waals surface area contributed by atoms with Crippen LogP contribution in [0.4, 0.5) is 0 Å². The quantitative estimate of drug-likeness (QED) is 0.138. The van der Waals surface area contributed by atoms with Crippen LogP contribution in [0.15, 0.2) is 0 Å². The van der Waals surface area contributed by atoms with E-state index in [1.807, 2.05) is 13.8 Å². The molecule has 32 heavy (non-hydrogen) atoms. The summed E-state index contributed by atoms with van der Waals surface area (Å²) in [5.41, 5.74) is 0. The van der Waals surface area contributed by atoms with E-state index >= 15 is 0 Å². The zero-order valence-corrected chi connectivity index (χ0v) is 19.6. The summed E-state index contributed by atoms with van der Waals surface area (Å²) >= 11 is 0. The molecule has 2 amide bonds. The van der Waals surface area contributed by atoms with Crippen molar-refractivity contribution >= 4 is 23.8 Å². The van der Waals surface area contributed by atoms with Gasteiger partial charge in [0.2, 0.25) is 0 Å². The summed E-state index contributed by atoms with van der Waals surface area (Å²) in [6.45, 7) is 5.17. The Kier molecular flexibility index (Phi) is 19.3. The van der Waals surface area contributed by atoms with Crippen LogP contribution < -0.4 is 21.3 Å². The number of esters is 1. The average Bonchev–Trinajstić information content (AvgIpc) is 2.77. The second-order valence-corrected chi connectivity index (χ2v) is 6.89. The molecule has 0 aliphatic rings. The summed E-state index contributed by atoms with van der Waals surface area (Å²) in [7, 11) is 3.33. The lowest BCUT2D eigenvalue weighted by Gasteiger charge is -2.21. The van der Waals surface area contributed by atoms with Crippen molar-refractivity contribution in [2.75, 3.05) is 33.8 Å². The van der Waals surface area contributed by atoms with E-state index in [0.717, 1.165) is 12.8 Å². The van der Waals surface area contributed by atoms with E-state index < -0.39 is 42.5 Å². The van der Waals surface area contributed by atoms with Gasteiger partial charge in [-0.15, -0.1) is 0 Å². The maximum atomic E-state index is 11.5. The number of ether oxygens (including phenoxy) is 1. The number of likely N-dealkylation sites (N-methyl/N-ethyl adjacent to an activating group) is 2. The Labute approximate surface area is 189 Å². The van der Waals surface area contributed by atoms with Crippen LogP contribution in [-0.4, -0.2) is 97.2 Å². The van der Waals surface area contributed by atoms with Gasteiger partial charge in [0, 0.05) is 12.1 Å². The Morgan fingerprint density at radius 3 is 1.50 bits per heavy atom. The second kappa shape index (κ2) is 19.4. The predicted octanol–water partition coefficient (Wildman–Crippen LogP) is -1.65. The second-order valence-electron chi connectivity index (χ2n) is 6.89. The Bertz CT molecular complexity index is 562. The van der Waals surface area contributed by atoms with Crippen molar-refractivity contribution in [3.63, 3.8) is 0 Å². The molecule has 0 radical (unpaired) electrons. The molecule has 12 nitrogen and oxygen atoms in total. The van der Waals surface area contributed by atoms with Crippen molar-refractivity contribution < 1.29 is 39.2 Å². The number of hydrogen-bond acceptors (Lipinski definition) is 9. The highest BCUT2D eigenvalue weighted by Gasteiger charge is 2.25. The molecule has 12 heteroatoms. The van der Waals surface area contributed by atoms with Gasteiger partial charge in [-0.05, 0) is 33.9 Å². The average molecular weight is 465 g/mol. The molecule has 4 atom stereocenters. The summed E-state index contributed by atoms with van der Waals surface area (Å²) in [5.74, 6) is -2.87. The molecular weight excluding hydrogens is 424 g/mol. The highest BCUT2D eigenvalue weighted by molar-refractivity contribution is 5.85. The first-order valence-corrected chi connectivity index (χ1v) is 10.7. The van der Waals surface area contributed by atoms with Crippen molar-refractivity contribution in [3.05, 3.63) is 0 Å². The Hall–Kier alpha value is -2.28. The number of aliphatic carboxylic acids is 1. The third-order valence-electron chi connectivity index (χ3n) is 4.37. The lowest BCUT2D eigenvalue weighted by molar-refractivity contribution is -0.144. The van der Waals surface area contributed by atoms with Crippen molar-refractivity contribution in [2.45, 2.75) is 70.7 Å². The van der Waals surface area contributed by atoms with Crippen LogP contribution in [-0.2, 0) is 23.9 Å². The monoisotopic (exact) mass is 464 g/mol. The maximum absolute atomic E-state index is 11.5. The zero-order chi connectivity index (χ0) is 25.1. The van der Waals surface area contributed by atoms with Gasteiger partial charge in [-0.3, -0.25) is 19.2 Å². The van der Waals surface area contributed by atoms with Crippen LogP contribution in [0.2, 0.25) is 0 Å². The highest BCUT2D eigenvalue weighted by atomic mass is 16.5. The minimum absolute atomic E-state index is 0.216. The van der Waals surface area contributed by atoms with Crippen molar-refractivity contribution in [1.29, 1.82) is 0 Å².